The number of hydrogen-bond acceptors (Lipinski definition) is 7. The summed E-state index contributed by atoms with van der Waals surface area (Å²) in [7, 11) is 0. The monoisotopic (exact) mass is 395 g/mol. The number of halogens is 1. The molecule has 26 heavy (non-hydrogen) atoms. The Hall–Kier alpha value is -1.35. The van der Waals surface area contributed by atoms with Gasteiger partial charge in [-0.15, -0.1) is 10.2 Å². The Morgan fingerprint density at radius 1 is 1.19 bits per heavy atom. The first-order valence-corrected chi connectivity index (χ1v) is 10.3. The summed E-state index contributed by atoms with van der Waals surface area (Å²) in [6.07, 6.45) is 4.26. The molecule has 2 aromatic rings. The zero-order valence-corrected chi connectivity index (χ0v) is 16.1. The van der Waals surface area contributed by atoms with Crippen LogP contribution < -0.4 is 4.90 Å². The highest BCUT2D eigenvalue weighted by molar-refractivity contribution is 7.98. The molecule has 140 valence electrons. The fourth-order valence-electron chi connectivity index (χ4n) is 3.18. The Balaban J connectivity index is 1.52. The highest BCUT2D eigenvalue weighted by Crippen LogP contribution is 2.27. The van der Waals surface area contributed by atoms with Crippen LogP contribution in [0.4, 0.5) is 5.95 Å². The van der Waals surface area contributed by atoms with Crippen LogP contribution >= 0.6 is 23.4 Å². The third-order valence-electron chi connectivity index (χ3n) is 4.56. The lowest BCUT2D eigenvalue weighted by molar-refractivity contribution is 0.0942. The summed E-state index contributed by atoms with van der Waals surface area (Å²) in [4.78, 5) is 6.39. The Morgan fingerprint density at radius 3 is 2.81 bits per heavy atom. The van der Waals surface area contributed by atoms with Crippen LogP contribution in [-0.4, -0.2) is 58.8 Å². The molecular formula is C17H22ClN5O2S. The second-order valence-electron chi connectivity index (χ2n) is 6.41. The van der Waals surface area contributed by atoms with Gasteiger partial charge in [0.1, 0.15) is 5.15 Å². The van der Waals surface area contributed by atoms with Crippen LogP contribution in [0.2, 0.25) is 5.15 Å². The number of morpholine rings is 1. The third-order valence-corrected chi connectivity index (χ3v) is 5.82. The lowest BCUT2D eigenvalue weighted by Gasteiger charge is -2.28. The summed E-state index contributed by atoms with van der Waals surface area (Å²) in [5, 5.41) is 10.4. The second-order valence-corrected chi connectivity index (χ2v) is 7.74. The van der Waals surface area contributed by atoms with Crippen LogP contribution in [0, 0.1) is 0 Å². The molecular weight excluding hydrogens is 374 g/mol. The standard InChI is InChI=1S/C17H22ClN5O2S/c18-15-4-3-13(10-19-15)12-26-17-21-20-16(22-5-8-24-9-6-22)23(17)11-14-2-1-7-25-14/h3-4,10,14H,1-2,5-9,11-12H2. The van der Waals surface area contributed by atoms with E-state index >= 15 is 0 Å². The molecule has 0 radical (unpaired) electrons. The molecule has 4 heterocycles. The highest BCUT2D eigenvalue weighted by atomic mass is 35.5. The molecule has 2 fully saturated rings. The van der Waals surface area contributed by atoms with Gasteiger partial charge in [-0.25, -0.2) is 4.98 Å². The topological polar surface area (TPSA) is 65.3 Å². The molecule has 1 atom stereocenters. The van der Waals surface area contributed by atoms with E-state index in [2.05, 4.69) is 24.6 Å². The van der Waals surface area contributed by atoms with Crippen LogP contribution in [0.1, 0.15) is 18.4 Å². The van der Waals surface area contributed by atoms with Gasteiger partial charge in [0.25, 0.3) is 0 Å². The first-order chi connectivity index (χ1) is 12.8. The molecule has 0 amide bonds. The van der Waals surface area contributed by atoms with E-state index in [1.165, 1.54) is 0 Å². The van der Waals surface area contributed by atoms with Crippen LogP contribution in [0.3, 0.4) is 0 Å². The maximum Gasteiger partial charge on any atom is 0.228 e. The summed E-state index contributed by atoms with van der Waals surface area (Å²) in [5.74, 6) is 1.69. The molecule has 2 aliphatic rings. The van der Waals surface area contributed by atoms with Crippen LogP contribution in [0.25, 0.3) is 0 Å². The molecule has 2 saturated heterocycles. The fraction of sp³-hybridized carbons (Fsp3) is 0.588. The first-order valence-electron chi connectivity index (χ1n) is 8.90. The molecule has 7 nitrogen and oxygen atoms in total. The number of pyridine rings is 1. The molecule has 9 heteroatoms. The SMILES string of the molecule is Clc1ccc(CSc2nnc(N3CCOCC3)n2CC2CCCO2)cn1. The van der Waals surface area contributed by atoms with Crippen molar-refractivity contribution in [2.45, 2.75) is 36.4 Å². The maximum atomic E-state index is 5.86. The molecule has 0 N–H and O–H groups in total. The minimum absolute atomic E-state index is 0.238. The third kappa shape index (κ3) is 4.31. The Bertz CT molecular complexity index is 714. The summed E-state index contributed by atoms with van der Waals surface area (Å²) < 4.78 is 13.5. The zero-order chi connectivity index (χ0) is 17.8. The fourth-order valence-corrected chi connectivity index (χ4v) is 4.17. The van der Waals surface area contributed by atoms with Crippen molar-refractivity contribution < 1.29 is 9.47 Å². The van der Waals surface area contributed by atoms with Gasteiger partial charge >= 0.3 is 0 Å². The summed E-state index contributed by atoms with van der Waals surface area (Å²) in [5.41, 5.74) is 1.11. The number of aromatic nitrogens is 4. The van der Waals surface area contributed by atoms with Crippen molar-refractivity contribution in [2.75, 3.05) is 37.8 Å². The van der Waals surface area contributed by atoms with Crippen molar-refractivity contribution in [2.24, 2.45) is 0 Å². The maximum absolute atomic E-state index is 5.86. The first kappa shape index (κ1) is 18.0. The lowest BCUT2D eigenvalue weighted by atomic mass is 10.2. The lowest BCUT2D eigenvalue weighted by Crippen LogP contribution is -2.38. The zero-order valence-electron chi connectivity index (χ0n) is 14.5. The van der Waals surface area contributed by atoms with Gasteiger partial charge in [-0.3, -0.25) is 4.57 Å². The molecule has 1 unspecified atom stereocenters. The number of rotatable bonds is 6. The quantitative estimate of drug-likeness (QED) is 0.550. The van der Waals surface area contributed by atoms with Crippen molar-refractivity contribution in [3.63, 3.8) is 0 Å². The van der Waals surface area contributed by atoms with E-state index in [4.69, 9.17) is 21.1 Å². The summed E-state index contributed by atoms with van der Waals surface area (Å²) >= 11 is 7.53. The minimum Gasteiger partial charge on any atom is -0.378 e. The van der Waals surface area contributed by atoms with Crippen LogP contribution in [0.15, 0.2) is 23.5 Å². The number of anilines is 1. The van der Waals surface area contributed by atoms with Crippen molar-refractivity contribution in [3.05, 3.63) is 29.0 Å². The second kappa shape index (κ2) is 8.56. The predicted molar refractivity (Wildman–Crippen MR) is 101 cm³/mol. The molecule has 0 saturated carbocycles. The molecule has 2 aromatic heterocycles. The molecule has 0 aromatic carbocycles. The molecule has 2 aliphatic heterocycles. The summed E-state index contributed by atoms with van der Waals surface area (Å²) in [6.45, 7) is 4.78. The van der Waals surface area contributed by atoms with Gasteiger partial charge in [-0.05, 0) is 24.5 Å². The average Bonchev–Trinajstić information content (AvgIpc) is 3.33. The number of hydrogen-bond donors (Lipinski definition) is 0. The van der Waals surface area contributed by atoms with Gasteiger partial charge in [0.15, 0.2) is 5.16 Å². The Morgan fingerprint density at radius 2 is 2.08 bits per heavy atom. The Kier molecular flexibility index (Phi) is 5.94. The Labute approximate surface area is 162 Å². The van der Waals surface area contributed by atoms with Crippen molar-refractivity contribution in [3.8, 4) is 0 Å². The smallest absolute Gasteiger partial charge is 0.228 e. The van der Waals surface area contributed by atoms with Crippen molar-refractivity contribution >= 4 is 29.3 Å². The molecule has 0 bridgehead atoms. The number of ether oxygens (including phenoxy) is 2. The van der Waals surface area contributed by atoms with E-state index < -0.39 is 0 Å². The van der Waals surface area contributed by atoms with Crippen LogP contribution in [0.5, 0.6) is 0 Å². The summed E-state index contributed by atoms with van der Waals surface area (Å²) in [6, 6.07) is 3.81. The predicted octanol–water partition coefficient (Wildman–Crippen LogP) is 2.63. The van der Waals surface area contributed by atoms with E-state index in [0.717, 1.165) is 74.7 Å². The van der Waals surface area contributed by atoms with Gasteiger partial charge in [-0.2, -0.15) is 0 Å². The van der Waals surface area contributed by atoms with E-state index in [-0.39, 0.29) is 6.10 Å². The van der Waals surface area contributed by atoms with Gasteiger partial charge in [0.2, 0.25) is 5.95 Å². The average molecular weight is 396 g/mol. The largest absolute Gasteiger partial charge is 0.378 e. The normalized spacial score (nSPS) is 20.7. The van der Waals surface area contributed by atoms with Gasteiger partial charge in [-0.1, -0.05) is 29.4 Å². The molecule has 4 rings (SSSR count). The molecule has 0 spiro atoms. The minimum atomic E-state index is 0.238. The highest BCUT2D eigenvalue weighted by Gasteiger charge is 2.24. The number of thioether (sulfide) groups is 1. The van der Waals surface area contributed by atoms with Crippen LogP contribution in [-0.2, 0) is 21.8 Å². The number of nitrogens with zero attached hydrogens (tertiary/aromatic N) is 5. The van der Waals surface area contributed by atoms with E-state index in [0.29, 0.717) is 5.15 Å². The van der Waals surface area contributed by atoms with E-state index in [1.807, 2.05) is 12.1 Å². The van der Waals surface area contributed by atoms with Crippen molar-refractivity contribution in [1.29, 1.82) is 0 Å². The van der Waals surface area contributed by atoms with Crippen molar-refractivity contribution in [1.82, 2.24) is 19.7 Å². The van der Waals surface area contributed by atoms with Gasteiger partial charge in [0.05, 0.1) is 25.9 Å². The van der Waals surface area contributed by atoms with Gasteiger partial charge in [0, 0.05) is 31.6 Å². The van der Waals surface area contributed by atoms with E-state index in [1.54, 1.807) is 18.0 Å². The molecule has 0 aliphatic carbocycles. The van der Waals surface area contributed by atoms with E-state index in [9.17, 15) is 0 Å². The van der Waals surface area contributed by atoms with Gasteiger partial charge < -0.3 is 14.4 Å².